The van der Waals surface area contributed by atoms with Crippen LogP contribution in [0.5, 0.6) is 11.5 Å². The van der Waals surface area contributed by atoms with Gasteiger partial charge in [0.25, 0.3) is 5.69 Å². The van der Waals surface area contributed by atoms with E-state index in [2.05, 4.69) is 20.9 Å². The number of non-ortho nitro benzene ring substituents is 1. The lowest BCUT2D eigenvalue weighted by atomic mass is 10.1. The highest BCUT2D eigenvalue weighted by molar-refractivity contribution is 9.10. The van der Waals surface area contributed by atoms with Crippen molar-refractivity contribution in [3.63, 3.8) is 0 Å². The Bertz CT molecular complexity index is 1410. The van der Waals surface area contributed by atoms with Crippen LogP contribution in [-0.4, -0.2) is 23.4 Å². The molecule has 1 aliphatic rings. The molecule has 8 nitrogen and oxygen atoms in total. The van der Waals surface area contributed by atoms with Crippen LogP contribution in [0.3, 0.4) is 0 Å². The SMILES string of the molecule is CCOc1cc(/C=C2\N=C(c3ccc([N+](=O)[O-])cc3Cl)OC2=O)cc(Cl)c1OCc1ccc(Br)cc1. The van der Waals surface area contributed by atoms with Crippen molar-refractivity contribution in [1.82, 2.24) is 0 Å². The van der Waals surface area contributed by atoms with Gasteiger partial charge in [-0.25, -0.2) is 9.79 Å². The van der Waals surface area contributed by atoms with E-state index in [1.165, 1.54) is 18.2 Å². The van der Waals surface area contributed by atoms with Crippen molar-refractivity contribution in [2.24, 2.45) is 4.99 Å². The summed E-state index contributed by atoms with van der Waals surface area (Å²) in [6, 6.07) is 14.8. The molecule has 0 spiro atoms. The van der Waals surface area contributed by atoms with Crippen molar-refractivity contribution in [1.29, 1.82) is 0 Å². The lowest BCUT2D eigenvalue weighted by molar-refractivity contribution is -0.384. The van der Waals surface area contributed by atoms with E-state index < -0.39 is 10.9 Å². The molecule has 0 saturated heterocycles. The Hall–Kier alpha value is -3.40. The fraction of sp³-hybridized carbons (Fsp3) is 0.120. The summed E-state index contributed by atoms with van der Waals surface area (Å²) in [5.41, 5.74) is 1.55. The van der Waals surface area contributed by atoms with Gasteiger partial charge < -0.3 is 14.2 Å². The summed E-state index contributed by atoms with van der Waals surface area (Å²) in [4.78, 5) is 27.0. The first kappa shape index (κ1) is 25.7. The Morgan fingerprint density at radius 1 is 1.08 bits per heavy atom. The van der Waals surface area contributed by atoms with E-state index >= 15 is 0 Å². The van der Waals surface area contributed by atoms with Crippen LogP contribution in [0.2, 0.25) is 10.0 Å². The maximum atomic E-state index is 12.4. The van der Waals surface area contributed by atoms with E-state index in [4.69, 9.17) is 37.4 Å². The highest BCUT2D eigenvalue weighted by Gasteiger charge is 2.27. The van der Waals surface area contributed by atoms with Crippen molar-refractivity contribution in [3.8, 4) is 11.5 Å². The van der Waals surface area contributed by atoms with Gasteiger partial charge in [0.15, 0.2) is 17.2 Å². The lowest BCUT2D eigenvalue weighted by Crippen LogP contribution is -2.06. The summed E-state index contributed by atoms with van der Waals surface area (Å²) in [6.07, 6.45) is 1.49. The number of carbonyl (C=O) groups is 1. The molecule has 0 amide bonds. The minimum atomic E-state index is -0.705. The molecule has 0 unspecified atom stereocenters. The molecule has 0 saturated carbocycles. The minimum Gasteiger partial charge on any atom is -0.490 e. The molecule has 184 valence electrons. The standard InChI is InChI=1S/C25H17BrCl2N2O6/c1-2-34-22-11-15(9-20(28)23(22)35-13-14-3-5-16(26)6-4-14)10-21-25(31)36-24(29-21)18-8-7-17(30(32)33)12-19(18)27/h3-12H,2,13H2,1H3/b21-10-. The molecule has 3 aromatic rings. The molecular weight excluding hydrogens is 575 g/mol. The number of ether oxygens (including phenoxy) is 3. The van der Waals surface area contributed by atoms with Crippen LogP contribution in [0.4, 0.5) is 5.69 Å². The number of nitro groups is 1. The predicted octanol–water partition coefficient (Wildman–Crippen LogP) is 6.99. The fourth-order valence-electron chi connectivity index (χ4n) is 3.28. The maximum absolute atomic E-state index is 12.4. The maximum Gasteiger partial charge on any atom is 0.363 e. The second-order valence-electron chi connectivity index (χ2n) is 7.44. The van der Waals surface area contributed by atoms with Crippen molar-refractivity contribution >= 4 is 62.8 Å². The monoisotopic (exact) mass is 590 g/mol. The van der Waals surface area contributed by atoms with Gasteiger partial charge in [0.05, 0.1) is 27.1 Å². The predicted molar refractivity (Wildman–Crippen MR) is 140 cm³/mol. The van der Waals surface area contributed by atoms with Gasteiger partial charge in [0.2, 0.25) is 5.90 Å². The summed E-state index contributed by atoms with van der Waals surface area (Å²) < 4.78 is 17.9. The van der Waals surface area contributed by atoms with Gasteiger partial charge in [-0.3, -0.25) is 10.1 Å². The van der Waals surface area contributed by atoms with Crippen LogP contribution in [0, 0.1) is 10.1 Å². The molecule has 0 fully saturated rings. The summed E-state index contributed by atoms with van der Waals surface area (Å²) in [5, 5.41) is 11.3. The van der Waals surface area contributed by atoms with E-state index in [1.807, 2.05) is 31.2 Å². The Morgan fingerprint density at radius 2 is 1.83 bits per heavy atom. The molecular formula is C25H17BrCl2N2O6. The number of nitro benzene ring substituents is 1. The Labute approximate surface area is 224 Å². The van der Waals surface area contributed by atoms with Gasteiger partial charge in [0.1, 0.15) is 6.61 Å². The van der Waals surface area contributed by atoms with Crippen molar-refractivity contribution in [3.05, 3.63) is 102 Å². The zero-order valence-electron chi connectivity index (χ0n) is 18.7. The van der Waals surface area contributed by atoms with Gasteiger partial charge in [-0.05, 0) is 54.5 Å². The number of esters is 1. The highest BCUT2D eigenvalue weighted by atomic mass is 79.9. The molecule has 0 atom stereocenters. The van der Waals surface area contributed by atoms with Crippen LogP contribution in [0.1, 0.15) is 23.6 Å². The smallest absolute Gasteiger partial charge is 0.363 e. The molecule has 0 aliphatic carbocycles. The van der Waals surface area contributed by atoms with E-state index in [9.17, 15) is 14.9 Å². The van der Waals surface area contributed by atoms with E-state index in [1.54, 1.807) is 12.1 Å². The molecule has 4 rings (SSSR count). The molecule has 11 heteroatoms. The van der Waals surface area contributed by atoms with Crippen LogP contribution >= 0.6 is 39.1 Å². The number of halogens is 3. The molecule has 1 heterocycles. The average Bonchev–Trinajstić information content (AvgIpc) is 3.19. The second-order valence-corrected chi connectivity index (χ2v) is 9.17. The van der Waals surface area contributed by atoms with Gasteiger partial charge in [-0.2, -0.15) is 0 Å². The molecule has 0 aromatic heterocycles. The third-order valence-electron chi connectivity index (χ3n) is 4.95. The first-order valence-electron chi connectivity index (χ1n) is 10.6. The van der Waals surface area contributed by atoms with Crippen LogP contribution in [-0.2, 0) is 16.1 Å². The average molecular weight is 592 g/mol. The fourth-order valence-corrected chi connectivity index (χ4v) is 4.08. The zero-order valence-corrected chi connectivity index (χ0v) is 21.8. The summed E-state index contributed by atoms with van der Waals surface area (Å²) in [5.74, 6) is 0.0168. The lowest BCUT2D eigenvalue weighted by Gasteiger charge is -2.14. The highest BCUT2D eigenvalue weighted by Crippen LogP contribution is 2.38. The van der Waals surface area contributed by atoms with E-state index in [0.29, 0.717) is 28.7 Å². The van der Waals surface area contributed by atoms with E-state index in [-0.39, 0.29) is 34.5 Å². The topological polar surface area (TPSA) is 100 Å². The number of nitrogens with zero attached hydrogens (tertiary/aromatic N) is 2. The van der Waals surface area contributed by atoms with Gasteiger partial charge in [-0.15, -0.1) is 0 Å². The number of benzene rings is 3. The van der Waals surface area contributed by atoms with Gasteiger partial charge in [0, 0.05) is 16.6 Å². The second kappa shape index (κ2) is 11.1. The zero-order chi connectivity index (χ0) is 25.8. The van der Waals surface area contributed by atoms with E-state index in [0.717, 1.165) is 16.1 Å². The minimum absolute atomic E-state index is 0.00136. The first-order chi connectivity index (χ1) is 17.2. The van der Waals surface area contributed by atoms with Crippen LogP contribution in [0.15, 0.2) is 69.8 Å². The molecule has 0 radical (unpaired) electrons. The van der Waals surface area contributed by atoms with Crippen molar-refractivity contribution < 1.29 is 23.9 Å². The van der Waals surface area contributed by atoms with Gasteiger partial charge >= 0.3 is 5.97 Å². The third kappa shape index (κ3) is 5.87. The van der Waals surface area contributed by atoms with Gasteiger partial charge in [-0.1, -0.05) is 51.3 Å². The first-order valence-corrected chi connectivity index (χ1v) is 12.1. The number of rotatable bonds is 8. The molecule has 1 aliphatic heterocycles. The number of carbonyl (C=O) groups excluding carboxylic acids is 1. The largest absolute Gasteiger partial charge is 0.490 e. The molecule has 0 bridgehead atoms. The van der Waals surface area contributed by atoms with Crippen molar-refractivity contribution in [2.75, 3.05) is 6.61 Å². The number of aliphatic imine (C=N–C) groups is 1. The summed E-state index contributed by atoms with van der Waals surface area (Å²) in [6.45, 7) is 2.48. The Kier molecular flexibility index (Phi) is 7.93. The van der Waals surface area contributed by atoms with Crippen LogP contribution in [0.25, 0.3) is 6.08 Å². The summed E-state index contributed by atoms with van der Waals surface area (Å²) >= 11 is 16.0. The van der Waals surface area contributed by atoms with Crippen molar-refractivity contribution in [2.45, 2.75) is 13.5 Å². The Balaban J connectivity index is 1.61. The molecule has 0 N–H and O–H groups in total. The number of hydrogen-bond acceptors (Lipinski definition) is 7. The quantitative estimate of drug-likeness (QED) is 0.121. The number of cyclic esters (lactones) is 1. The summed E-state index contributed by atoms with van der Waals surface area (Å²) in [7, 11) is 0. The normalized spacial score (nSPS) is 13.9. The number of hydrogen-bond donors (Lipinski definition) is 0. The van der Waals surface area contributed by atoms with Crippen LogP contribution < -0.4 is 9.47 Å². The molecule has 36 heavy (non-hydrogen) atoms. The Morgan fingerprint density at radius 3 is 2.50 bits per heavy atom. The molecule has 3 aromatic carbocycles. The third-order valence-corrected chi connectivity index (χ3v) is 6.07.